The first-order valence-electron chi connectivity index (χ1n) is 10.7. The van der Waals surface area contributed by atoms with E-state index in [1.165, 1.54) is 57.8 Å². The SMILES string of the molecule is CCCCCCCCCCCCCC(O)C(CO)(CO)CO.O=P(O)(O)O.O=P(O)(O)O. The molecule has 0 fully saturated rings. The highest BCUT2D eigenvalue weighted by Gasteiger charge is 2.35. The van der Waals surface area contributed by atoms with E-state index in [0.717, 1.165) is 12.8 Å². The third-order valence-electron chi connectivity index (χ3n) is 4.73. The molecule has 1 atom stereocenters. The second-order valence-corrected chi connectivity index (χ2v) is 9.76. The number of phosphoric acid groups is 2. The molecule has 32 heavy (non-hydrogen) atoms. The number of rotatable bonds is 16. The van der Waals surface area contributed by atoms with Gasteiger partial charge in [-0.25, -0.2) is 9.13 Å². The number of unbranched alkanes of at least 4 members (excludes halogenated alkanes) is 10. The van der Waals surface area contributed by atoms with Crippen LogP contribution < -0.4 is 0 Å². The van der Waals surface area contributed by atoms with Gasteiger partial charge in [-0.3, -0.25) is 0 Å². The van der Waals surface area contributed by atoms with Gasteiger partial charge in [-0.1, -0.05) is 77.6 Å². The lowest BCUT2D eigenvalue weighted by atomic mass is 9.82. The van der Waals surface area contributed by atoms with E-state index in [0.29, 0.717) is 6.42 Å². The Morgan fingerprint density at radius 3 is 1.09 bits per heavy atom. The molecule has 10 N–H and O–H groups in total. The van der Waals surface area contributed by atoms with E-state index in [4.69, 9.17) is 38.5 Å². The van der Waals surface area contributed by atoms with Crippen molar-refractivity contribution in [2.45, 2.75) is 90.1 Å². The van der Waals surface area contributed by atoms with Gasteiger partial charge in [0.05, 0.1) is 31.3 Å². The van der Waals surface area contributed by atoms with E-state index in [1.807, 2.05) is 0 Å². The summed E-state index contributed by atoms with van der Waals surface area (Å²) in [5.74, 6) is 0. The summed E-state index contributed by atoms with van der Waals surface area (Å²) in [5.41, 5.74) is -1.15. The third-order valence-corrected chi connectivity index (χ3v) is 4.73. The molecule has 0 rings (SSSR count). The highest BCUT2D eigenvalue weighted by molar-refractivity contribution is 7.45. The Kier molecular flexibility index (Phi) is 24.7. The van der Waals surface area contributed by atoms with Gasteiger partial charge in [-0.05, 0) is 6.42 Å². The van der Waals surface area contributed by atoms with Gasteiger partial charge in [-0.15, -0.1) is 0 Å². The molecule has 14 heteroatoms. The fraction of sp³-hybridized carbons (Fsp3) is 1.00. The van der Waals surface area contributed by atoms with Gasteiger partial charge < -0.3 is 49.8 Å². The van der Waals surface area contributed by atoms with Gasteiger partial charge >= 0.3 is 15.6 Å². The minimum Gasteiger partial charge on any atom is -0.396 e. The molecule has 0 saturated carbocycles. The molecular formula is C18H44O12P2. The molecule has 0 amide bonds. The van der Waals surface area contributed by atoms with Crippen LogP contribution in [0.15, 0.2) is 0 Å². The Labute approximate surface area is 190 Å². The van der Waals surface area contributed by atoms with Crippen LogP contribution in [0.2, 0.25) is 0 Å². The molecule has 0 heterocycles. The van der Waals surface area contributed by atoms with E-state index in [2.05, 4.69) is 6.92 Å². The lowest BCUT2D eigenvalue weighted by Crippen LogP contribution is -2.45. The minimum atomic E-state index is -4.64. The molecule has 0 aliphatic carbocycles. The summed E-state index contributed by atoms with van der Waals surface area (Å²) in [5, 5.41) is 37.8. The van der Waals surface area contributed by atoms with Crippen LogP contribution >= 0.6 is 15.6 Å². The molecule has 0 saturated heterocycles. The highest BCUT2D eigenvalue weighted by atomic mass is 31.2. The molecular weight excluding hydrogens is 470 g/mol. The van der Waals surface area contributed by atoms with E-state index in [-0.39, 0.29) is 19.8 Å². The first-order chi connectivity index (χ1) is 14.7. The highest BCUT2D eigenvalue weighted by Crippen LogP contribution is 2.26. The van der Waals surface area contributed by atoms with Gasteiger partial charge in [0.1, 0.15) is 0 Å². The zero-order chi connectivity index (χ0) is 25.7. The molecule has 0 aromatic rings. The van der Waals surface area contributed by atoms with Crippen molar-refractivity contribution in [3.63, 3.8) is 0 Å². The lowest BCUT2D eigenvalue weighted by molar-refractivity contribution is -0.0863. The van der Waals surface area contributed by atoms with E-state index < -0.39 is 27.2 Å². The molecule has 0 aliphatic heterocycles. The van der Waals surface area contributed by atoms with Crippen LogP contribution in [-0.2, 0) is 9.13 Å². The van der Waals surface area contributed by atoms with Crippen LogP contribution in [0.4, 0.5) is 0 Å². The summed E-state index contributed by atoms with van der Waals surface area (Å²) in [6.07, 6.45) is 13.4. The van der Waals surface area contributed by atoms with Crippen molar-refractivity contribution < 1.29 is 58.9 Å². The summed E-state index contributed by atoms with van der Waals surface area (Å²) in [7, 11) is -9.28. The lowest BCUT2D eigenvalue weighted by Gasteiger charge is -2.32. The number of aliphatic hydroxyl groups excluding tert-OH is 4. The summed E-state index contributed by atoms with van der Waals surface area (Å²) in [6, 6.07) is 0. The van der Waals surface area contributed by atoms with Crippen molar-refractivity contribution in [3.8, 4) is 0 Å². The van der Waals surface area contributed by atoms with Gasteiger partial charge in [0.15, 0.2) is 0 Å². The van der Waals surface area contributed by atoms with Crippen molar-refractivity contribution >= 4 is 15.6 Å². The van der Waals surface area contributed by atoms with Crippen molar-refractivity contribution in [1.82, 2.24) is 0 Å². The number of hydrogen-bond donors (Lipinski definition) is 10. The monoisotopic (exact) mass is 514 g/mol. The van der Waals surface area contributed by atoms with Gasteiger partial charge in [0.25, 0.3) is 0 Å². The second kappa shape index (κ2) is 21.6. The molecule has 198 valence electrons. The molecule has 0 bridgehead atoms. The van der Waals surface area contributed by atoms with Crippen LogP contribution in [0.25, 0.3) is 0 Å². The maximum Gasteiger partial charge on any atom is 0.466 e. The first kappa shape index (κ1) is 36.6. The van der Waals surface area contributed by atoms with Crippen molar-refractivity contribution in [2.24, 2.45) is 5.41 Å². The van der Waals surface area contributed by atoms with E-state index >= 15 is 0 Å². The van der Waals surface area contributed by atoms with Crippen molar-refractivity contribution in [1.29, 1.82) is 0 Å². The minimum absolute atomic E-state index is 0.390. The fourth-order valence-corrected chi connectivity index (χ4v) is 2.77. The predicted molar refractivity (Wildman–Crippen MR) is 119 cm³/mol. The smallest absolute Gasteiger partial charge is 0.396 e. The van der Waals surface area contributed by atoms with Gasteiger partial charge in [0.2, 0.25) is 0 Å². The average Bonchev–Trinajstić information content (AvgIpc) is 2.65. The Morgan fingerprint density at radius 1 is 0.594 bits per heavy atom. The summed E-state index contributed by atoms with van der Waals surface area (Å²) in [4.78, 5) is 43.1. The van der Waals surface area contributed by atoms with Crippen molar-refractivity contribution in [2.75, 3.05) is 19.8 Å². The number of aliphatic hydroxyl groups is 4. The average molecular weight is 514 g/mol. The normalized spacial score (nSPS) is 13.0. The topological polar surface area (TPSA) is 236 Å². The molecule has 12 nitrogen and oxygen atoms in total. The second-order valence-electron chi connectivity index (χ2n) is 7.70. The molecule has 0 aliphatic rings. The van der Waals surface area contributed by atoms with Crippen LogP contribution in [0.5, 0.6) is 0 Å². The molecule has 0 aromatic heterocycles. The summed E-state index contributed by atoms with van der Waals surface area (Å²) < 4.78 is 17.8. The zero-order valence-corrected chi connectivity index (χ0v) is 20.7. The van der Waals surface area contributed by atoms with Gasteiger partial charge in [-0.2, -0.15) is 0 Å². The standard InChI is InChI=1S/C18H38O4.2H3O4P/c1-2-3-4-5-6-7-8-9-10-11-12-13-17(22)18(14-19,15-20)16-21;2*1-5(2,3)4/h17,19-22H,2-16H2,1H3;2*(H3,1,2,3,4). The first-order valence-corrected chi connectivity index (χ1v) is 13.9. The van der Waals surface area contributed by atoms with Crippen LogP contribution in [-0.4, -0.2) is 75.7 Å². The van der Waals surface area contributed by atoms with Gasteiger partial charge in [0, 0.05) is 0 Å². The maximum absolute atomic E-state index is 10.0. The molecule has 0 radical (unpaired) electrons. The Balaban J connectivity index is -0.000000695. The summed E-state index contributed by atoms with van der Waals surface area (Å²) >= 11 is 0. The maximum atomic E-state index is 10.0. The Bertz CT molecular complexity index is 446. The van der Waals surface area contributed by atoms with Crippen molar-refractivity contribution in [3.05, 3.63) is 0 Å². The van der Waals surface area contributed by atoms with Crippen LogP contribution in [0, 0.1) is 5.41 Å². The quantitative estimate of drug-likeness (QED) is 0.103. The Morgan fingerprint density at radius 2 is 0.844 bits per heavy atom. The van der Waals surface area contributed by atoms with Crippen LogP contribution in [0.1, 0.15) is 84.0 Å². The molecule has 0 spiro atoms. The zero-order valence-electron chi connectivity index (χ0n) is 18.9. The fourth-order valence-electron chi connectivity index (χ4n) is 2.77. The Hall–Kier alpha value is 0.0600. The van der Waals surface area contributed by atoms with Crippen LogP contribution in [0.3, 0.4) is 0 Å². The molecule has 0 aromatic carbocycles. The number of hydrogen-bond acceptors (Lipinski definition) is 6. The third kappa shape index (κ3) is 32.2. The predicted octanol–water partition coefficient (Wildman–Crippen LogP) is 1.15. The largest absolute Gasteiger partial charge is 0.466 e. The van der Waals surface area contributed by atoms with E-state index in [1.54, 1.807) is 0 Å². The molecule has 1 unspecified atom stereocenters. The summed E-state index contributed by atoms with van der Waals surface area (Å²) in [6.45, 7) is 1.07. The van der Waals surface area contributed by atoms with E-state index in [9.17, 15) is 20.4 Å².